The first-order valence-corrected chi connectivity index (χ1v) is 6.66. The number of fused-ring (bicyclic) bond motifs is 2. The van der Waals surface area contributed by atoms with E-state index in [0.717, 1.165) is 35.1 Å². The molecule has 0 spiro atoms. The molecule has 3 atom stereocenters. The molecular formula is C13H16ClF2N2+. The van der Waals surface area contributed by atoms with Crippen LogP contribution in [0.15, 0.2) is 24.3 Å². The van der Waals surface area contributed by atoms with Crippen molar-refractivity contribution in [1.29, 1.82) is 0 Å². The summed E-state index contributed by atoms with van der Waals surface area (Å²) in [7, 11) is 0. The molecule has 2 nitrogen and oxygen atoms in total. The number of hydrogen-bond donors (Lipinski definition) is 1. The first kappa shape index (κ1) is 12.2. The standard InChI is InChI=1S/C13H15ClF2N2/c14-9-1-3-10(4-2-9)18-7-11-5-12(18)6-17(11)8-13(15)16/h1-4,11-13H,5-8H2/p+1/t11?,12-/m0/s1. The maximum Gasteiger partial charge on any atom is 0.286 e. The lowest BCUT2D eigenvalue weighted by molar-refractivity contribution is -0.917. The van der Waals surface area contributed by atoms with Crippen LogP contribution in [-0.2, 0) is 0 Å². The third-order valence-electron chi connectivity index (χ3n) is 4.06. The smallest absolute Gasteiger partial charge is 0.286 e. The fourth-order valence-corrected chi connectivity index (χ4v) is 3.40. The number of likely N-dealkylation sites (tertiary alicyclic amines) is 1. The van der Waals surface area contributed by atoms with Gasteiger partial charge in [-0.05, 0) is 24.3 Å². The molecule has 98 valence electrons. The SMILES string of the molecule is FC(F)C[NH+]1C[C@@H]2CC1CN2c1ccc(Cl)cc1. The van der Waals surface area contributed by atoms with Crippen molar-refractivity contribution in [1.82, 2.24) is 0 Å². The first-order valence-electron chi connectivity index (χ1n) is 6.28. The molecular weight excluding hydrogens is 258 g/mol. The average molecular weight is 274 g/mol. The van der Waals surface area contributed by atoms with Crippen molar-refractivity contribution in [2.75, 3.05) is 24.5 Å². The molecule has 2 unspecified atom stereocenters. The molecule has 3 rings (SSSR count). The second kappa shape index (κ2) is 4.67. The summed E-state index contributed by atoms with van der Waals surface area (Å²) in [6, 6.07) is 8.55. The van der Waals surface area contributed by atoms with E-state index in [2.05, 4.69) is 4.90 Å². The number of anilines is 1. The van der Waals surface area contributed by atoms with Crippen LogP contribution in [-0.4, -0.2) is 38.1 Å². The Morgan fingerprint density at radius 1 is 1.33 bits per heavy atom. The number of nitrogens with one attached hydrogen (secondary N) is 1. The summed E-state index contributed by atoms with van der Waals surface area (Å²) in [4.78, 5) is 3.40. The predicted octanol–water partition coefficient (Wildman–Crippen LogP) is 1.45. The average Bonchev–Trinajstić information content (AvgIpc) is 2.88. The van der Waals surface area contributed by atoms with Gasteiger partial charge in [-0.2, -0.15) is 0 Å². The summed E-state index contributed by atoms with van der Waals surface area (Å²) in [6.07, 6.45) is -1.16. The molecule has 1 aromatic rings. The highest BCUT2D eigenvalue weighted by atomic mass is 35.5. The summed E-state index contributed by atoms with van der Waals surface area (Å²) in [6.45, 7) is 1.71. The van der Waals surface area contributed by atoms with Crippen molar-refractivity contribution in [3.8, 4) is 0 Å². The van der Waals surface area contributed by atoms with Crippen LogP contribution in [0, 0.1) is 0 Å². The van der Waals surface area contributed by atoms with Gasteiger partial charge in [-0.15, -0.1) is 0 Å². The molecule has 1 N–H and O–H groups in total. The quantitative estimate of drug-likeness (QED) is 0.876. The lowest BCUT2D eigenvalue weighted by Crippen LogP contribution is -3.16. The molecule has 2 heterocycles. The number of hydrogen-bond acceptors (Lipinski definition) is 1. The van der Waals surface area contributed by atoms with E-state index in [9.17, 15) is 8.78 Å². The number of nitrogens with zero attached hydrogens (tertiary/aromatic N) is 1. The second-order valence-corrected chi connectivity index (χ2v) is 5.61. The van der Waals surface area contributed by atoms with Crippen molar-refractivity contribution >= 4 is 17.3 Å². The topological polar surface area (TPSA) is 7.68 Å². The van der Waals surface area contributed by atoms with Crippen molar-refractivity contribution < 1.29 is 13.7 Å². The van der Waals surface area contributed by atoms with E-state index in [1.54, 1.807) is 0 Å². The van der Waals surface area contributed by atoms with Gasteiger partial charge in [0.15, 0.2) is 0 Å². The number of benzene rings is 1. The van der Waals surface area contributed by atoms with Gasteiger partial charge >= 0.3 is 0 Å². The van der Waals surface area contributed by atoms with Crippen LogP contribution in [0.2, 0.25) is 5.02 Å². The summed E-state index contributed by atoms with van der Waals surface area (Å²) < 4.78 is 24.9. The van der Waals surface area contributed by atoms with Crippen LogP contribution in [0.3, 0.4) is 0 Å². The minimum Gasteiger partial charge on any atom is -0.357 e. The van der Waals surface area contributed by atoms with Gasteiger partial charge in [0.25, 0.3) is 6.43 Å². The Morgan fingerprint density at radius 2 is 2.06 bits per heavy atom. The van der Waals surface area contributed by atoms with Gasteiger partial charge in [0.05, 0.1) is 19.1 Å². The van der Waals surface area contributed by atoms with Gasteiger partial charge in [-0.3, -0.25) is 0 Å². The lowest BCUT2D eigenvalue weighted by atomic mass is 10.2. The monoisotopic (exact) mass is 273 g/mol. The molecule has 0 saturated carbocycles. The highest BCUT2D eigenvalue weighted by molar-refractivity contribution is 6.30. The number of piperazine rings is 1. The van der Waals surface area contributed by atoms with Crippen LogP contribution < -0.4 is 9.80 Å². The summed E-state index contributed by atoms with van der Waals surface area (Å²) in [5.41, 5.74) is 1.16. The molecule has 18 heavy (non-hydrogen) atoms. The van der Waals surface area contributed by atoms with Crippen LogP contribution in [0.25, 0.3) is 0 Å². The van der Waals surface area contributed by atoms with Crippen molar-refractivity contribution in [2.45, 2.75) is 24.9 Å². The van der Waals surface area contributed by atoms with Gasteiger partial charge in [0.1, 0.15) is 12.6 Å². The minimum absolute atomic E-state index is 0.00434. The second-order valence-electron chi connectivity index (χ2n) is 5.17. The fourth-order valence-electron chi connectivity index (χ4n) is 3.27. The van der Waals surface area contributed by atoms with E-state index in [0.29, 0.717) is 12.1 Å². The van der Waals surface area contributed by atoms with Crippen LogP contribution in [0.4, 0.5) is 14.5 Å². The fraction of sp³-hybridized carbons (Fsp3) is 0.538. The highest BCUT2D eigenvalue weighted by Crippen LogP contribution is 2.28. The van der Waals surface area contributed by atoms with Gasteiger partial charge in [0.2, 0.25) is 0 Å². The molecule has 2 fully saturated rings. The lowest BCUT2D eigenvalue weighted by Gasteiger charge is -2.33. The molecule has 0 aromatic heterocycles. The Labute approximate surface area is 110 Å². The molecule has 1 aromatic carbocycles. The highest BCUT2D eigenvalue weighted by Gasteiger charge is 2.47. The maximum absolute atomic E-state index is 12.4. The van der Waals surface area contributed by atoms with Crippen molar-refractivity contribution in [2.24, 2.45) is 0 Å². The Balaban J connectivity index is 1.68. The summed E-state index contributed by atoms with van der Waals surface area (Å²) >= 11 is 5.87. The first-order chi connectivity index (χ1) is 8.63. The van der Waals surface area contributed by atoms with Crippen molar-refractivity contribution in [3.05, 3.63) is 29.3 Å². The minimum atomic E-state index is -2.19. The zero-order valence-corrected chi connectivity index (χ0v) is 10.7. The van der Waals surface area contributed by atoms with Gasteiger partial charge in [-0.25, -0.2) is 8.78 Å². The van der Waals surface area contributed by atoms with Gasteiger partial charge in [0, 0.05) is 17.1 Å². The maximum atomic E-state index is 12.4. The molecule has 2 bridgehead atoms. The largest absolute Gasteiger partial charge is 0.357 e. The Morgan fingerprint density at radius 3 is 2.61 bits per heavy atom. The molecule has 2 saturated heterocycles. The third kappa shape index (κ3) is 2.19. The van der Waals surface area contributed by atoms with E-state index < -0.39 is 6.43 Å². The van der Waals surface area contributed by atoms with Crippen LogP contribution in [0.1, 0.15) is 6.42 Å². The van der Waals surface area contributed by atoms with E-state index in [4.69, 9.17) is 11.6 Å². The number of halogens is 3. The summed E-state index contributed by atoms with van der Waals surface area (Å²) in [5, 5.41) is 0.730. The molecule has 0 amide bonds. The van der Waals surface area contributed by atoms with E-state index in [1.807, 2.05) is 24.3 Å². The van der Waals surface area contributed by atoms with Crippen molar-refractivity contribution in [3.63, 3.8) is 0 Å². The zero-order valence-electron chi connectivity index (χ0n) is 9.95. The molecule has 2 aliphatic rings. The Kier molecular flexibility index (Phi) is 3.16. The Bertz CT molecular complexity index is 424. The van der Waals surface area contributed by atoms with E-state index in [-0.39, 0.29) is 6.54 Å². The molecule has 0 aliphatic carbocycles. The van der Waals surface area contributed by atoms with E-state index in [1.165, 1.54) is 0 Å². The van der Waals surface area contributed by atoms with Gasteiger partial charge in [-0.1, -0.05) is 11.6 Å². The molecule has 5 heteroatoms. The number of rotatable bonds is 3. The summed E-state index contributed by atoms with van der Waals surface area (Å²) in [5.74, 6) is 0. The van der Waals surface area contributed by atoms with E-state index >= 15 is 0 Å². The predicted molar refractivity (Wildman–Crippen MR) is 67.7 cm³/mol. The number of quaternary nitrogens is 1. The zero-order chi connectivity index (χ0) is 12.7. The third-order valence-corrected chi connectivity index (χ3v) is 4.32. The Hall–Kier alpha value is -0.870. The van der Waals surface area contributed by atoms with Gasteiger partial charge < -0.3 is 9.80 Å². The normalized spacial score (nSPS) is 30.4. The van der Waals surface area contributed by atoms with Crippen LogP contribution >= 0.6 is 11.6 Å². The van der Waals surface area contributed by atoms with Crippen LogP contribution in [0.5, 0.6) is 0 Å². The number of alkyl halides is 2. The molecule has 0 radical (unpaired) electrons. The molecule has 2 aliphatic heterocycles.